The van der Waals surface area contributed by atoms with Crippen LogP contribution in [0.1, 0.15) is 19.3 Å². The van der Waals surface area contributed by atoms with Crippen molar-refractivity contribution in [1.82, 2.24) is 4.90 Å². The zero-order valence-corrected chi connectivity index (χ0v) is 8.82. The fourth-order valence-electron chi connectivity index (χ4n) is 3.14. The van der Waals surface area contributed by atoms with Crippen LogP contribution in [0.25, 0.3) is 0 Å². The van der Waals surface area contributed by atoms with Crippen LogP contribution in [0.3, 0.4) is 0 Å². The van der Waals surface area contributed by atoms with Crippen molar-refractivity contribution in [3.63, 3.8) is 0 Å². The van der Waals surface area contributed by atoms with E-state index in [1.807, 2.05) is 0 Å². The number of hydrogen-bond acceptors (Lipinski definition) is 3. The Morgan fingerprint density at radius 1 is 1.53 bits per heavy atom. The summed E-state index contributed by atoms with van der Waals surface area (Å²) < 4.78 is 5.45. The van der Waals surface area contributed by atoms with Crippen molar-refractivity contribution in [3.8, 4) is 0 Å². The smallest absolute Gasteiger partial charge is 0.311 e. The first-order valence-corrected chi connectivity index (χ1v) is 5.77. The number of aliphatic carboxylic acids is 1. The second-order valence-electron chi connectivity index (χ2n) is 5.16. The van der Waals surface area contributed by atoms with E-state index in [0.717, 1.165) is 39.1 Å². The lowest BCUT2D eigenvalue weighted by Crippen LogP contribution is -2.42. The van der Waals surface area contributed by atoms with E-state index < -0.39 is 5.97 Å². The maximum Gasteiger partial charge on any atom is 0.311 e. The van der Waals surface area contributed by atoms with Gasteiger partial charge in [-0.1, -0.05) is 0 Å². The van der Waals surface area contributed by atoms with Crippen LogP contribution in [0, 0.1) is 11.3 Å². The monoisotopic (exact) mass is 211 g/mol. The Morgan fingerprint density at radius 3 is 3.00 bits per heavy atom. The lowest BCUT2D eigenvalue weighted by Gasteiger charge is -2.32. The van der Waals surface area contributed by atoms with Crippen LogP contribution in [-0.2, 0) is 9.53 Å². The Bertz CT molecular complexity index is 288. The number of carboxylic acids is 1. The van der Waals surface area contributed by atoms with Gasteiger partial charge in [0, 0.05) is 25.7 Å². The molecule has 0 spiro atoms. The van der Waals surface area contributed by atoms with Gasteiger partial charge in [-0.05, 0) is 25.2 Å². The third-order valence-corrected chi connectivity index (χ3v) is 4.25. The van der Waals surface area contributed by atoms with Gasteiger partial charge in [0.2, 0.25) is 0 Å². The predicted molar refractivity (Wildman–Crippen MR) is 53.6 cm³/mol. The van der Waals surface area contributed by atoms with E-state index in [4.69, 9.17) is 4.74 Å². The number of rotatable bonds is 2. The minimum absolute atomic E-state index is 0.378. The van der Waals surface area contributed by atoms with Crippen LogP contribution >= 0.6 is 0 Å². The van der Waals surface area contributed by atoms with Gasteiger partial charge >= 0.3 is 5.97 Å². The molecule has 2 saturated heterocycles. The van der Waals surface area contributed by atoms with Crippen molar-refractivity contribution in [3.05, 3.63) is 0 Å². The van der Waals surface area contributed by atoms with Gasteiger partial charge in [0.25, 0.3) is 0 Å². The van der Waals surface area contributed by atoms with E-state index in [1.165, 1.54) is 6.42 Å². The molecule has 0 aromatic rings. The normalized spacial score (nSPS) is 45.1. The molecule has 3 aliphatic rings. The van der Waals surface area contributed by atoms with Crippen LogP contribution in [0.4, 0.5) is 0 Å². The Hall–Kier alpha value is -0.610. The number of likely N-dealkylation sites (tertiary alicyclic amines) is 1. The fourth-order valence-corrected chi connectivity index (χ4v) is 3.14. The average molecular weight is 211 g/mol. The maximum atomic E-state index is 11.1. The highest BCUT2D eigenvalue weighted by molar-refractivity contribution is 5.79. The lowest BCUT2D eigenvalue weighted by atomic mass is 10.1. The van der Waals surface area contributed by atoms with Crippen LogP contribution in [0.2, 0.25) is 0 Å². The first-order chi connectivity index (χ1) is 7.22. The molecular formula is C11H17NO3. The van der Waals surface area contributed by atoms with Crippen molar-refractivity contribution in [2.24, 2.45) is 11.3 Å². The van der Waals surface area contributed by atoms with E-state index in [0.29, 0.717) is 12.0 Å². The molecule has 0 radical (unpaired) electrons. The lowest BCUT2D eigenvalue weighted by molar-refractivity contribution is -0.143. The largest absolute Gasteiger partial charge is 0.481 e. The van der Waals surface area contributed by atoms with Gasteiger partial charge in [-0.25, -0.2) is 0 Å². The second-order valence-corrected chi connectivity index (χ2v) is 5.16. The van der Waals surface area contributed by atoms with Crippen molar-refractivity contribution in [2.75, 3.05) is 26.3 Å². The number of nitrogens with zero attached hydrogens (tertiary/aromatic N) is 1. The summed E-state index contributed by atoms with van der Waals surface area (Å²) in [5.74, 6) is -0.177. The minimum Gasteiger partial charge on any atom is -0.481 e. The molecule has 3 fully saturated rings. The standard InChI is InChI=1S/C11H17NO3/c13-10(14)11-4-8(11)5-12(7-11)9-2-1-3-15-6-9/h8-9H,1-7H2,(H,13,14). The fraction of sp³-hybridized carbons (Fsp3) is 0.909. The molecule has 1 aliphatic carbocycles. The van der Waals surface area contributed by atoms with Gasteiger partial charge in [-0.3, -0.25) is 9.69 Å². The van der Waals surface area contributed by atoms with E-state index >= 15 is 0 Å². The average Bonchev–Trinajstić information content (AvgIpc) is 2.84. The van der Waals surface area contributed by atoms with Crippen molar-refractivity contribution < 1.29 is 14.6 Å². The molecule has 4 nitrogen and oxygen atoms in total. The summed E-state index contributed by atoms with van der Waals surface area (Å²) in [5.41, 5.74) is -0.378. The Kier molecular flexibility index (Phi) is 2.04. The molecule has 1 saturated carbocycles. The number of hydrogen-bond donors (Lipinski definition) is 1. The molecule has 84 valence electrons. The summed E-state index contributed by atoms with van der Waals surface area (Å²) in [7, 11) is 0. The van der Waals surface area contributed by atoms with Gasteiger partial charge in [0.15, 0.2) is 0 Å². The van der Waals surface area contributed by atoms with Crippen LogP contribution in [0.15, 0.2) is 0 Å². The molecule has 4 heteroatoms. The van der Waals surface area contributed by atoms with E-state index in [9.17, 15) is 9.90 Å². The molecule has 15 heavy (non-hydrogen) atoms. The Balaban J connectivity index is 1.64. The molecule has 1 N–H and O–H groups in total. The number of ether oxygens (including phenoxy) is 1. The molecular weight excluding hydrogens is 194 g/mol. The third kappa shape index (κ3) is 1.39. The topological polar surface area (TPSA) is 49.8 Å². The highest BCUT2D eigenvalue weighted by Crippen LogP contribution is 2.58. The van der Waals surface area contributed by atoms with Gasteiger partial charge < -0.3 is 9.84 Å². The summed E-state index contributed by atoms with van der Waals surface area (Å²) >= 11 is 0. The van der Waals surface area contributed by atoms with Gasteiger partial charge in [0.1, 0.15) is 0 Å². The third-order valence-electron chi connectivity index (χ3n) is 4.25. The van der Waals surface area contributed by atoms with Gasteiger partial charge in [-0.15, -0.1) is 0 Å². The molecule has 0 bridgehead atoms. The summed E-state index contributed by atoms with van der Waals surface area (Å²) in [4.78, 5) is 13.5. The van der Waals surface area contributed by atoms with Crippen LogP contribution in [0.5, 0.6) is 0 Å². The van der Waals surface area contributed by atoms with E-state index in [2.05, 4.69) is 4.90 Å². The summed E-state index contributed by atoms with van der Waals surface area (Å²) in [6.45, 7) is 3.39. The zero-order chi connectivity index (χ0) is 10.5. The summed E-state index contributed by atoms with van der Waals surface area (Å²) in [6, 6.07) is 0.475. The predicted octanol–water partition coefficient (Wildman–Crippen LogP) is 0.572. The SMILES string of the molecule is O=C(O)C12CC1CN(C1CCCOC1)C2. The number of carboxylic acid groups (broad SMARTS) is 1. The zero-order valence-electron chi connectivity index (χ0n) is 8.82. The molecule has 3 atom stereocenters. The van der Waals surface area contributed by atoms with Crippen molar-refractivity contribution >= 4 is 5.97 Å². The first kappa shape index (κ1) is 9.60. The minimum atomic E-state index is -0.591. The van der Waals surface area contributed by atoms with Crippen LogP contribution < -0.4 is 0 Å². The molecule has 0 aromatic heterocycles. The molecule has 0 aromatic carbocycles. The quantitative estimate of drug-likeness (QED) is 0.725. The highest BCUT2D eigenvalue weighted by Gasteiger charge is 2.65. The van der Waals surface area contributed by atoms with Gasteiger partial charge in [-0.2, -0.15) is 0 Å². The van der Waals surface area contributed by atoms with E-state index in [-0.39, 0.29) is 5.41 Å². The Morgan fingerprint density at radius 2 is 2.40 bits per heavy atom. The number of piperidine rings is 1. The molecule has 2 heterocycles. The van der Waals surface area contributed by atoms with E-state index in [1.54, 1.807) is 0 Å². The van der Waals surface area contributed by atoms with Crippen molar-refractivity contribution in [1.29, 1.82) is 0 Å². The number of fused-ring (bicyclic) bond motifs is 1. The number of carbonyl (C=O) groups is 1. The highest BCUT2D eigenvalue weighted by atomic mass is 16.5. The molecule has 3 rings (SSSR count). The maximum absolute atomic E-state index is 11.1. The van der Waals surface area contributed by atoms with Crippen LogP contribution in [-0.4, -0.2) is 48.3 Å². The summed E-state index contributed by atoms with van der Waals surface area (Å²) in [6.07, 6.45) is 3.18. The van der Waals surface area contributed by atoms with Gasteiger partial charge in [0.05, 0.1) is 12.0 Å². The first-order valence-electron chi connectivity index (χ1n) is 5.77. The molecule has 2 aliphatic heterocycles. The summed E-state index contributed by atoms with van der Waals surface area (Å²) in [5, 5.41) is 9.17. The molecule has 3 unspecified atom stereocenters. The van der Waals surface area contributed by atoms with Crippen molar-refractivity contribution in [2.45, 2.75) is 25.3 Å². The molecule has 0 amide bonds. The Labute approximate surface area is 89.2 Å². The second kappa shape index (κ2) is 3.19.